The minimum absolute atomic E-state index is 0.0437. The largest absolute Gasteiger partial charge is 0.383 e. The minimum atomic E-state index is -0.0953. The molecule has 2 rings (SSSR count). The van der Waals surface area contributed by atoms with Crippen molar-refractivity contribution in [2.75, 3.05) is 20.3 Å². The molecule has 1 saturated heterocycles. The van der Waals surface area contributed by atoms with Crippen molar-refractivity contribution in [3.8, 4) is 0 Å². The highest BCUT2D eigenvalue weighted by molar-refractivity contribution is 5.84. The summed E-state index contributed by atoms with van der Waals surface area (Å²) in [7, 11) is 1.66. The van der Waals surface area contributed by atoms with Crippen LogP contribution in [0.3, 0.4) is 0 Å². The Labute approximate surface area is 121 Å². The van der Waals surface area contributed by atoms with Gasteiger partial charge in [0.05, 0.1) is 12.6 Å². The molecular weight excluding hydrogens is 252 g/mol. The van der Waals surface area contributed by atoms with Crippen molar-refractivity contribution in [3.63, 3.8) is 0 Å². The van der Waals surface area contributed by atoms with Crippen LogP contribution in [-0.4, -0.2) is 37.1 Å². The molecule has 1 aliphatic heterocycles. The average Bonchev–Trinajstić information content (AvgIpc) is 2.82. The lowest BCUT2D eigenvalue weighted by molar-refractivity contribution is -0.131. The highest BCUT2D eigenvalue weighted by Crippen LogP contribution is 2.28. The van der Waals surface area contributed by atoms with E-state index in [2.05, 4.69) is 31.3 Å². The molecule has 1 aromatic rings. The van der Waals surface area contributed by atoms with Crippen molar-refractivity contribution in [1.82, 2.24) is 10.2 Å². The van der Waals surface area contributed by atoms with E-state index in [-0.39, 0.29) is 18.1 Å². The van der Waals surface area contributed by atoms with Gasteiger partial charge in [-0.2, -0.15) is 0 Å². The summed E-state index contributed by atoms with van der Waals surface area (Å²) in [5.41, 5.74) is 1.13. The molecule has 1 heterocycles. The zero-order valence-corrected chi connectivity index (χ0v) is 12.5. The van der Waals surface area contributed by atoms with Crippen LogP contribution in [0.1, 0.15) is 32.0 Å². The van der Waals surface area contributed by atoms with Crippen LogP contribution in [0.4, 0.5) is 0 Å². The number of amides is 1. The molecule has 1 N–H and O–H groups in total. The Morgan fingerprint density at radius 2 is 2.05 bits per heavy atom. The van der Waals surface area contributed by atoms with Gasteiger partial charge in [-0.1, -0.05) is 50.6 Å². The van der Waals surface area contributed by atoms with Crippen LogP contribution in [0.5, 0.6) is 0 Å². The molecule has 0 radical (unpaired) electrons. The maximum Gasteiger partial charge on any atom is 0.241 e. The van der Waals surface area contributed by atoms with Gasteiger partial charge in [-0.05, 0) is 11.5 Å². The van der Waals surface area contributed by atoms with Gasteiger partial charge in [0.15, 0.2) is 0 Å². The molecule has 3 unspecified atom stereocenters. The van der Waals surface area contributed by atoms with E-state index in [0.29, 0.717) is 19.1 Å². The summed E-state index contributed by atoms with van der Waals surface area (Å²) < 4.78 is 5.14. The van der Waals surface area contributed by atoms with Crippen LogP contribution in [-0.2, 0) is 9.53 Å². The molecule has 0 aromatic heterocycles. The van der Waals surface area contributed by atoms with E-state index >= 15 is 0 Å². The van der Waals surface area contributed by atoms with Gasteiger partial charge in [-0.25, -0.2) is 0 Å². The van der Waals surface area contributed by atoms with Gasteiger partial charge < -0.3 is 9.64 Å². The average molecular weight is 276 g/mol. The summed E-state index contributed by atoms with van der Waals surface area (Å²) in [6.45, 7) is 5.42. The topological polar surface area (TPSA) is 41.6 Å². The summed E-state index contributed by atoms with van der Waals surface area (Å²) in [5.74, 6) is 0.520. The van der Waals surface area contributed by atoms with Gasteiger partial charge in [0.2, 0.25) is 5.91 Å². The second-order valence-electron chi connectivity index (χ2n) is 5.37. The van der Waals surface area contributed by atoms with Crippen molar-refractivity contribution in [3.05, 3.63) is 35.9 Å². The van der Waals surface area contributed by atoms with Gasteiger partial charge in [0.1, 0.15) is 6.17 Å². The number of carbonyl (C=O) groups is 1. The number of methoxy groups -OCH3 is 1. The summed E-state index contributed by atoms with van der Waals surface area (Å²) >= 11 is 0. The highest BCUT2D eigenvalue weighted by atomic mass is 16.5. The van der Waals surface area contributed by atoms with E-state index < -0.39 is 0 Å². The molecule has 0 spiro atoms. The second kappa shape index (κ2) is 6.86. The SMILES string of the molecule is CCC(C)C1NC(c2ccccc2)N(CCOC)C1=O. The van der Waals surface area contributed by atoms with Crippen molar-refractivity contribution in [1.29, 1.82) is 0 Å². The standard InChI is InChI=1S/C16H24N2O2/c1-4-12(2)14-16(19)18(10-11-20-3)15(17-14)13-8-6-5-7-9-13/h5-9,12,14-15,17H,4,10-11H2,1-3H3. The van der Waals surface area contributed by atoms with E-state index in [1.165, 1.54) is 0 Å². The number of nitrogens with zero attached hydrogens (tertiary/aromatic N) is 1. The predicted molar refractivity (Wildman–Crippen MR) is 79.2 cm³/mol. The first-order chi connectivity index (χ1) is 9.69. The van der Waals surface area contributed by atoms with Gasteiger partial charge in [0, 0.05) is 13.7 Å². The first kappa shape index (κ1) is 15.0. The van der Waals surface area contributed by atoms with Crippen molar-refractivity contribution < 1.29 is 9.53 Å². The van der Waals surface area contributed by atoms with Crippen LogP contribution in [0, 0.1) is 5.92 Å². The molecule has 3 atom stereocenters. The molecule has 110 valence electrons. The van der Waals surface area contributed by atoms with Crippen LogP contribution in [0.25, 0.3) is 0 Å². The van der Waals surface area contributed by atoms with E-state index in [4.69, 9.17) is 4.74 Å². The smallest absolute Gasteiger partial charge is 0.241 e. The molecule has 4 nitrogen and oxygen atoms in total. The number of hydrogen-bond acceptors (Lipinski definition) is 3. The van der Waals surface area contributed by atoms with Crippen molar-refractivity contribution >= 4 is 5.91 Å². The summed E-state index contributed by atoms with van der Waals surface area (Å²) in [6, 6.07) is 10.0. The Bertz CT molecular complexity index is 435. The molecule has 0 saturated carbocycles. The molecule has 1 aromatic carbocycles. The van der Waals surface area contributed by atoms with Crippen molar-refractivity contribution in [2.24, 2.45) is 5.92 Å². The Morgan fingerprint density at radius 1 is 1.35 bits per heavy atom. The summed E-state index contributed by atoms with van der Waals surface area (Å²) in [6.07, 6.45) is 0.945. The fourth-order valence-electron chi connectivity index (χ4n) is 2.62. The fraction of sp³-hybridized carbons (Fsp3) is 0.562. The summed E-state index contributed by atoms with van der Waals surface area (Å²) in [5, 5.41) is 3.49. The third kappa shape index (κ3) is 3.02. The number of benzene rings is 1. The summed E-state index contributed by atoms with van der Waals surface area (Å²) in [4.78, 5) is 14.5. The van der Waals surface area contributed by atoms with E-state index in [9.17, 15) is 4.79 Å². The molecule has 0 bridgehead atoms. The first-order valence-corrected chi connectivity index (χ1v) is 7.29. The number of ether oxygens (including phenoxy) is 1. The molecule has 1 amide bonds. The monoisotopic (exact) mass is 276 g/mol. The van der Waals surface area contributed by atoms with Crippen LogP contribution < -0.4 is 5.32 Å². The maximum atomic E-state index is 12.6. The molecular formula is C16H24N2O2. The maximum absolute atomic E-state index is 12.6. The number of nitrogens with one attached hydrogen (secondary N) is 1. The van der Waals surface area contributed by atoms with Crippen LogP contribution in [0.15, 0.2) is 30.3 Å². The Hall–Kier alpha value is -1.39. The fourth-order valence-corrected chi connectivity index (χ4v) is 2.62. The Kier molecular flexibility index (Phi) is 5.15. The van der Waals surface area contributed by atoms with Crippen LogP contribution in [0.2, 0.25) is 0 Å². The molecule has 0 aliphatic carbocycles. The van der Waals surface area contributed by atoms with Crippen LogP contribution >= 0.6 is 0 Å². The predicted octanol–water partition coefficient (Wildman–Crippen LogP) is 2.18. The quantitative estimate of drug-likeness (QED) is 0.866. The van der Waals surface area contributed by atoms with Gasteiger partial charge in [-0.15, -0.1) is 0 Å². The lowest BCUT2D eigenvalue weighted by atomic mass is 9.99. The van der Waals surface area contributed by atoms with Gasteiger partial charge in [0.25, 0.3) is 0 Å². The minimum Gasteiger partial charge on any atom is -0.383 e. The molecule has 1 fully saturated rings. The lowest BCUT2D eigenvalue weighted by Crippen LogP contribution is -2.36. The number of rotatable bonds is 6. The Balaban J connectivity index is 2.21. The van der Waals surface area contributed by atoms with Gasteiger partial charge in [-0.3, -0.25) is 10.1 Å². The Morgan fingerprint density at radius 3 is 2.65 bits per heavy atom. The second-order valence-corrected chi connectivity index (χ2v) is 5.37. The normalized spacial score (nSPS) is 24.1. The first-order valence-electron chi connectivity index (χ1n) is 7.29. The van der Waals surface area contributed by atoms with E-state index in [1.54, 1.807) is 7.11 Å². The highest BCUT2D eigenvalue weighted by Gasteiger charge is 2.41. The molecule has 20 heavy (non-hydrogen) atoms. The number of hydrogen-bond donors (Lipinski definition) is 1. The third-order valence-corrected chi connectivity index (χ3v) is 4.06. The zero-order chi connectivity index (χ0) is 14.5. The zero-order valence-electron chi connectivity index (χ0n) is 12.5. The van der Waals surface area contributed by atoms with Crippen molar-refractivity contribution in [2.45, 2.75) is 32.5 Å². The van der Waals surface area contributed by atoms with E-state index in [1.807, 2.05) is 23.1 Å². The number of carbonyl (C=O) groups excluding carboxylic acids is 1. The molecule has 4 heteroatoms. The van der Waals surface area contributed by atoms with Gasteiger partial charge >= 0.3 is 0 Å². The van der Waals surface area contributed by atoms with E-state index in [0.717, 1.165) is 12.0 Å². The lowest BCUT2D eigenvalue weighted by Gasteiger charge is -2.24. The molecule has 1 aliphatic rings. The third-order valence-electron chi connectivity index (χ3n) is 4.06.